The first-order chi connectivity index (χ1) is 12.7. The maximum absolute atomic E-state index is 13.2. The average molecular weight is 494 g/mol. The Morgan fingerprint density at radius 1 is 0.533 bits per heavy atom. The first kappa shape index (κ1) is 28.7. The Morgan fingerprint density at radius 2 is 0.800 bits per heavy atom. The first-order valence-corrected chi connectivity index (χ1v) is 6.70. The lowest BCUT2D eigenvalue weighted by molar-refractivity contribution is -0.478. The van der Waals surface area contributed by atoms with Crippen LogP contribution in [0.15, 0.2) is 0 Å². The molecule has 19 heteroatoms. The minimum Gasteiger partial charge on any atom is -0.391 e. The van der Waals surface area contributed by atoms with Crippen LogP contribution in [0.25, 0.3) is 0 Å². The molecule has 0 aromatic carbocycles. The van der Waals surface area contributed by atoms with Gasteiger partial charge in [-0.2, -0.15) is 74.6 Å². The van der Waals surface area contributed by atoms with Gasteiger partial charge in [0.2, 0.25) is 0 Å². The summed E-state index contributed by atoms with van der Waals surface area (Å²) in [6, 6.07) is 0. The summed E-state index contributed by atoms with van der Waals surface area (Å²) in [7, 11) is 0. The summed E-state index contributed by atoms with van der Waals surface area (Å²) in [5.74, 6) is -50.4. The summed E-state index contributed by atoms with van der Waals surface area (Å²) in [6.07, 6.45) is -16.9. The summed E-state index contributed by atoms with van der Waals surface area (Å²) in [6.45, 7) is -1.59. The Kier molecular flexibility index (Phi) is 7.09. The van der Waals surface area contributed by atoms with Crippen LogP contribution in [-0.4, -0.2) is 65.6 Å². The fourth-order valence-corrected chi connectivity index (χ4v) is 1.47. The molecule has 0 heterocycles. The molecule has 1 N–H and O–H groups in total. The van der Waals surface area contributed by atoms with Crippen molar-refractivity contribution in [2.45, 2.75) is 60.8 Å². The molecule has 2 nitrogen and oxygen atoms in total. The molecule has 0 saturated carbocycles. The lowest BCUT2D eigenvalue weighted by Crippen LogP contribution is -2.74. The molecule has 1 unspecified atom stereocenters. The van der Waals surface area contributed by atoms with Crippen molar-refractivity contribution in [1.29, 1.82) is 0 Å². The Labute approximate surface area is 153 Å². The topological polar surface area (TPSA) is 29.5 Å². The van der Waals surface area contributed by atoms with Gasteiger partial charge >= 0.3 is 47.8 Å². The number of rotatable bonds is 9. The largest absolute Gasteiger partial charge is 0.460 e. The van der Waals surface area contributed by atoms with E-state index in [1.807, 2.05) is 0 Å². The van der Waals surface area contributed by atoms with E-state index >= 15 is 0 Å². The molecule has 182 valence electrons. The van der Waals surface area contributed by atoms with Gasteiger partial charge in [-0.3, -0.25) is 0 Å². The summed E-state index contributed by atoms with van der Waals surface area (Å²) in [4.78, 5) is 0. The van der Waals surface area contributed by atoms with E-state index in [-0.39, 0.29) is 0 Å². The van der Waals surface area contributed by atoms with Crippen LogP contribution in [0.4, 0.5) is 74.6 Å². The first-order valence-electron chi connectivity index (χ1n) is 6.70. The van der Waals surface area contributed by atoms with Crippen molar-refractivity contribution in [2.24, 2.45) is 0 Å². The van der Waals surface area contributed by atoms with E-state index < -0.39 is 60.5 Å². The predicted octanol–water partition coefficient (Wildman–Crippen LogP) is 5.35. The SMILES string of the molecule is CC(O)COC(F)(F)C(F)(F)C(F)(F)C(F)(F)C(F)(F)C(F)(F)C(F)(F)C(F)(F)F. The predicted molar refractivity (Wildman–Crippen MR) is 58.3 cm³/mol. The molecular formula is C11H7F17O2. The van der Waals surface area contributed by atoms with Crippen molar-refractivity contribution in [3.63, 3.8) is 0 Å². The third kappa shape index (κ3) is 3.86. The molecule has 0 spiro atoms. The van der Waals surface area contributed by atoms with Crippen LogP contribution in [-0.2, 0) is 4.74 Å². The van der Waals surface area contributed by atoms with Gasteiger partial charge in [0.15, 0.2) is 0 Å². The van der Waals surface area contributed by atoms with Gasteiger partial charge in [0.05, 0.1) is 12.7 Å². The van der Waals surface area contributed by atoms with Gasteiger partial charge in [0.1, 0.15) is 0 Å². The molecule has 0 saturated heterocycles. The molecule has 30 heavy (non-hydrogen) atoms. The van der Waals surface area contributed by atoms with Gasteiger partial charge in [0, 0.05) is 0 Å². The van der Waals surface area contributed by atoms with Crippen LogP contribution in [0.2, 0.25) is 0 Å². The maximum atomic E-state index is 13.2. The van der Waals surface area contributed by atoms with E-state index in [0.29, 0.717) is 6.92 Å². The normalized spacial score (nSPS) is 17.3. The number of hydrogen-bond acceptors (Lipinski definition) is 2. The molecule has 0 fully saturated rings. The second-order valence-electron chi connectivity index (χ2n) is 5.62. The maximum Gasteiger partial charge on any atom is 0.460 e. The minimum absolute atomic E-state index is 0.467. The van der Waals surface area contributed by atoms with Crippen LogP contribution in [0.5, 0.6) is 0 Å². The van der Waals surface area contributed by atoms with Crippen molar-refractivity contribution in [3.8, 4) is 0 Å². The van der Waals surface area contributed by atoms with Crippen molar-refractivity contribution >= 4 is 0 Å². The molecule has 0 aliphatic carbocycles. The van der Waals surface area contributed by atoms with Crippen LogP contribution in [0.1, 0.15) is 6.92 Å². The molecule has 0 rings (SSSR count). The number of alkyl halides is 17. The summed E-state index contributed by atoms with van der Waals surface area (Å²) in [5.41, 5.74) is 0. The number of aliphatic hydroxyl groups excluding tert-OH is 1. The zero-order valence-electron chi connectivity index (χ0n) is 13.6. The monoisotopic (exact) mass is 494 g/mol. The van der Waals surface area contributed by atoms with E-state index in [1.165, 1.54) is 0 Å². The van der Waals surface area contributed by atoms with E-state index in [2.05, 4.69) is 4.74 Å². The highest BCUT2D eigenvalue weighted by atomic mass is 19.4. The lowest BCUT2D eigenvalue weighted by atomic mass is 9.90. The lowest BCUT2D eigenvalue weighted by Gasteiger charge is -2.42. The van der Waals surface area contributed by atoms with Crippen LogP contribution in [0, 0.1) is 0 Å². The fourth-order valence-electron chi connectivity index (χ4n) is 1.47. The van der Waals surface area contributed by atoms with E-state index in [4.69, 9.17) is 5.11 Å². The Balaban J connectivity index is 6.55. The zero-order valence-corrected chi connectivity index (χ0v) is 13.6. The molecule has 0 bridgehead atoms. The average Bonchev–Trinajstić information content (AvgIpc) is 2.50. The number of hydrogen-bond donors (Lipinski definition) is 1. The number of halogens is 17. The Hall–Kier alpha value is -1.27. The van der Waals surface area contributed by atoms with Crippen LogP contribution < -0.4 is 0 Å². The smallest absolute Gasteiger partial charge is 0.391 e. The number of ether oxygens (including phenoxy) is 1. The van der Waals surface area contributed by atoms with Gasteiger partial charge in [0.25, 0.3) is 0 Å². The molecule has 0 aliphatic rings. The van der Waals surface area contributed by atoms with Crippen molar-refractivity contribution in [2.75, 3.05) is 6.61 Å². The third-order valence-electron chi connectivity index (χ3n) is 3.20. The van der Waals surface area contributed by atoms with Gasteiger partial charge < -0.3 is 9.84 Å². The van der Waals surface area contributed by atoms with Crippen LogP contribution in [0.3, 0.4) is 0 Å². The highest BCUT2D eigenvalue weighted by Crippen LogP contribution is 2.63. The highest BCUT2D eigenvalue weighted by molar-refractivity contribution is 5.14. The minimum atomic E-state index is -8.67. The molecule has 0 aromatic heterocycles. The molecule has 1 atom stereocenters. The Morgan fingerprint density at radius 3 is 1.07 bits per heavy atom. The molecule has 0 radical (unpaired) electrons. The van der Waals surface area contributed by atoms with Gasteiger partial charge in [-0.05, 0) is 6.92 Å². The molecule has 0 aromatic rings. The van der Waals surface area contributed by atoms with Crippen molar-refractivity contribution in [1.82, 2.24) is 0 Å². The summed E-state index contributed by atoms with van der Waals surface area (Å²) >= 11 is 0. The molecular weight excluding hydrogens is 487 g/mol. The number of aliphatic hydroxyl groups is 1. The van der Waals surface area contributed by atoms with E-state index in [1.54, 1.807) is 0 Å². The highest BCUT2D eigenvalue weighted by Gasteiger charge is 2.95. The van der Waals surface area contributed by atoms with Gasteiger partial charge in [-0.15, -0.1) is 0 Å². The standard InChI is InChI=1S/C11H7F17O2/c1-3(29)2-30-11(27,28)9(22,23)7(18,19)5(14,15)4(12,13)6(16,17)8(20,21)10(24,25)26/h3,29H,2H2,1H3. The van der Waals surface area contributed by atoms with Crippen LogP contribution >= 0.6 is 0 Å². The zero-order chi connectivity index (χ0) is 25.0. The van der Waals surface area contributed by atoms with E-state index in [0.717, 1.165) is 0 Å². The summed E-state index contributed by atoms with van der Waals surface area (Å²) in [5, 5.41) is 8.50. The Bertz CT molecular complexity index is 605. The van der Waals surface area contributed by atoms with E-state index in [9.17, 15) is 74.6 Å². The fraction of sp³-hybridized carbons (Fsp3) is 1.00. The summed E-state index contributed by atoms with van der Waals surface area (Å²) < 4.78 is 221. The van der Waals surface area contributed by atoms with Crippen molar-refractivity contribution < 1.29 is 84.5 Å². The van der Waals surface area contributed by atoms with Gasteiger partial charge in [-0.1, -0.05) is 0 Å². The van der Waals surface area contributed by atoms with Crippen molar-refractivity contribution in [3.05, 3.63) is 0 Å². The molecule has 0 aliphatic heterocycles. The third-order valence-corrected chi connectivity index (χ3v) is 3.20. The second kappa shape index (κ2) is 7.40. The molecule has 0 amide bonds. The second-order valence-corrected chi connectivity index (χ2v) is 5.62. The quantitative estimate of drug-likeness (QED) is 0.439. The van der Waals surface area contributed by atoms with Gasteiger partial charge in [-0.25, -0.2) is 0 Å².